The Labute approximate surface area is 150 Å². The molecule has 122 valence electrons. The van der Waals surface area contributed by atoms with Crippen LogP contribution in [0.3, 0.4) is 0 Å². The van der Waals surface area contributed by atoms with Gasteiger partial charge in [-0.2, -0.15) is 0 Å². The average Bonchev–Trinajstić information content (AvgIpc) is 3.01. The molecule has 0 amide bonds. The van der Waals surface area contributed by atoms with Crippen molar-refractivity contribution < 1.29 is 4.79 Å². The number of nitrogens with zero attached hydrogens (tertiary/aromatic N) is 2. The van der Waals surface area contributed by atoms with E-state index in [0.717, 1.165) is 27.7 Å². The van der Waals surface area contributed by atoms with E-state index in [9.17, 15) is 4.79 Å². The first-order valence-corrected chi connectivity index (χ1v) is 8.51. The topological polar surface area (TPSA) is 25.2 Å². The van der Waals surface area contributed by atoms with Crippen LogP contribution in [0.1, 0.15) is 28.9 Å². The molecule has 0 saturated heterocycles. The van der Waals surface area contributed by atoms with E-state index in [-0.39, 0.29) is 11.9 Å². The monoisotopic (exact) mass is 358 g/mol. The van der Waals surface area contributed by atoms with Crippen molar-refractivity contribution in [3.05, 3.63) is 57.6 Å². The van der Waals surface area contributed by atoms with Crippen molar-refractivity contribution in [3.63, 3.8) is 0 Å². The Morgan fingerprint density at radius 1 is 1.08 bits per heavy atom. The second-order valence-electron chi connectivity index (χ2n) is 6.37. The molecule has 0 aliphatic carbocycles. The van der Waals surface area contributed by atoms with E-state index in [1.165, 1.54) is 0 Å². The first-order chi connectivity index (χ1) is 11.4. The quantitative estimate of drug-likeness (QED) is 0.489. The molecule has 1 aromatic heterocycles. The van der Waals surface area contributed by atoms with Gasteiger partial charge in [-0.15, -0.1) is 0 Å². The number of hydrogen-bond acceptors (Lipinski definition) is 2. The summed E-state index contributed by atoms with van der Waals surface area (Å²) in [6, 6.07) is 11.4. The highest BCUT2D eigenvalue weighted by Crippen LogP contribution is 2.46. The van der Waals surface area contributed by atoms with Crippen molar-refractivity contribution in [1.29, 1.82) is 0 Å². The van der Waals surface area contributed by atoms with Crippen molar-refractivity contribution in [2.75, 3.05) is 14.1 Å². The van der Waals surface area contributed by atoms with Crippen LogP contribution in [-0.4, -0.2) is 29.5 Å². The molecule has 1 aliphatic rings. The summed E-state index contributed by atoms with van der Waals surface area (Å²) >= 11 is 12.7. The van der Waals surface area contributed by atoms with Gasteiger partial charge < -0.3 is 4.90 Å². The number of benzene rings is 2. The summed E-state index contributed by atoms with van der Waals surface area (Å²) in [6.45, 7) is 2.12. The smallest absolute Gasteiger partial charge is 0.263 e. The summed E-state index contributed by atoms with van der Waals surface area (Å²) in [5.74, 6) is -0.0352. The van der Waals surface area contributed by atoms with E-state index in [0.29, 0.717) is 15.6 Å². The fourth-order valence-corrected chi connectivity index (χ4v) is 4.08. The number of carbonyl (C=O) groups excluding carboxylic acids is 1. The fraction of sp³-hybridized carbons (Fsp3) is 0.211. The van der Waals surface area contributed by atoms with E-state index in [1.54, 1.807) is 10.6 Å². The lowest BCUT2D eigenvalue weighted by Crippen LogP contribution is -2.17. The normalized spacial score (nSPS) is 14.3. The van der Waals surface area contributed by atoms with Gasteiger partial charge in [0.25, 0.3) is 5.91 Å². The molecule has 24 heavy (non-hydrogen) atoms. The molecule has 4 rings (SSSR count). The summed E-state index contributed by atoms with van der Waals surface area (Å²) < 4.78 is 1.74. The van der Waals surface area contributed by atoms with Gasteiger partial charge in [0.2, 0.25) is 0 Å². The van der Waals surface area contributed by atoms with Gasteiger partial charge in [-0.3, -0.25) is 9.36 Å². The van der Waals surface area contributed by atoms with Crippen LogP contribution in [-0.2, 0) is 0 Å². The first-order valence-electron chi connectivity index (χ1n) is 7.75. The molecule has 0 bridgehead atoms. The molecule has 0 saturated carbocycles. The van der Waals surface area contributed by atoms with Crippen molar-refractivity contribution in [2.24, 2.45) is 0 Å². The highest BCUT2D eigenvalue weighted by molar-refractivity contribution is 6.39. The zero-order chi connectivity index (χ0) is 17.2. The van der Waals surface area contributed by atoms with Gasteiger partial charge in [0, 0.05) is 33.1 Å². The molecule has 0 spiro atoms. The van der Waals surface area contributed by atoms with Gasteiger partial charge in [-0.1, -0.05) is 41.4 Å². The van der Waals surface area contributed by atoms with E-state index < -0.39 is 0 Å². The Hall–Kier alpha value is -1.81. The maximum Gasteiger partial charge on any atom is 0.263 e. The van der Waals surface area contributed by atoms with Gasteiger partial charge in [-0.05, 0) is 39.2 Å². The number of carbonyl (C=O) groups is 1. The number of aromatic nitrogens is 1. The summed E-state index contributed by atoms with van der Waals surface area (Å²) in [5.41, 5.74) is 4.41. The Morgan fingerprint density at radius 2 is 1.75 bits per heavy atom. The molecule has 1 unspecified atom stereocenters. The third-order valence-electron chi connectivity index (χ3n) is 4.83. The van der Waals surface area contributed by atoms with Gasteiger partial charge in [-0.25, -0.2) is 0 Å². The van der Waals surface area contributed by atoms with Crippen molar-refractivity contribution in [1.82, 2.24) is 9.47 Å². The Bertz CT molecular complexity index is 1000. The van der Waals surface area contributed by atoms with Crippen LogP contribution >= 0.6 is 23.2 Å². The summed E-state index contributed by atoms with van der Waals surface area (Å²) in [7, 11) is 4.05. The van der Waals surface area contributed by atoms with E-state index in [1.807, 2.05) is 44.4 Å². The number of halogens is 2. The lowest BCUT2D eigenvalue weighted by molar-refractivity contribution is 0.0973. The van der Waals surface area contributed by atoms with Crippen LogP contribution in [0, 0.1) is 0 Å². The molecule has 2 heterocycles. The van der Waals surface area contributed by atoms with E-state index in [4.69, 9.17) is 23.2 Å². The Kier molecular flexibility index (Phi) is 3.50. The van der Waals surface area contributed by atoms with Crippen LogP contribution in [0.15, 0.2) is 36.4 Å². The summed E-state index contributed by atoms with van der Waals surface area (Å²) in [4.78, 5) is 15.1. The Morgan fingerprint density at radius 3 is 2.42 bits per heavy atom. The summed E-state index contributed by atoms with van der Waals surface area (Å²) in [6.07, 6.45) is 0. The maximum absolute atomic E-state index is 13.0. The molecule has 3 aromatic rings. The standard InChI is InChI=1S/C19H16Cl2N2O/c1-10(22(2)3)16-14-8-11(20)9-15(21)17(14)23-18(16)12-6-4-5-7-13(12)19(23)24/h4-10H,1-3H3. The molecule has 0 fully saturated rings. The van der Waals surface area contributed by atoms with Crippen LogP contribution < -0.4 is 0 Å². The molecular formula is C19H16Cl2N2O. The highest BCUT2D eigenvalue weighted by atomic mass is 35.5. The average molecular weight is 359 g/mol. The molecular weight excluding hydrogens is 343 g/mol. The van der Waals surface area contributed by atoms with Crippen LogP contribution in [0.2, 0.25) is 10.0 Å². The second-order valence-corrected chi connectivity index (χ2v) is 7.22. The fourth-order valence-electron chi connectivity index (χ4n) is 3.50. The third kappa shape index (κ3) is 1.99. The molecule has 0 N–H and O–H groups in total. The maximum atomic E-state index is 13.0. The molecule has 5 heteroatoms. The third-order valence-corrected chi connectivity index (χ3v) is 5.34. The van der Waals surface area contributed by atoms with E-state index in [2.05, 4.69) is 11.8 Å². The zero-order valence-electron chi connectivity index (χ0n) is 13.6. The molecule has 1 atom stereocenters. The largest absolute Gasteiger partial charge is 0.303 e. The van der Waals surface area contributed by atoms with Crippen molar-refractivity contribution >= 4 is 40.0 Å². The first kappa shape index (κ1) is 15.7. The van der Waals surface area contributed by atoms with Crippen molar-refractivity contribution in [3.8, 4) is 11.3 Å². The minimum absolute atomic E-state index is 0.0352. The van der Waals surface area contributed by atoms with Gasteiger partial charge in [0.1, 0.15) is 0 Å². The molecule has 3 nitrogen and oxygen atoms in total. The number of hydrogen-bond donors (Lipinski definition) is 0. The Balaban J connectivity index is 2.21. The number of fused-ring (bicyclic) bond motifs is 5. The zero-order valence-corrected chi connectivity index (χ0v) is 15.1. The van der Waals surface area contributed by atoms with Gasteiger partial charge in [0.05, 0.1) is 16.2 Å². The van der Waals surface area contributed by atoms with Gasteiger partial charge in [0.15, 0.2) is 0 Å². The van der Waals surface area contributed by atoms with Crippen LogP contribution in [0.4, 0.5) is 0 Å². The minimum atomic E-state index is -0.0352. The van der Waals surface area contributed by atoms with Crippen LogP contribution in [0.5, 0.6) is 0 Å². The SMILES string of the molecule is CC(c1c2n(c3c(Cl)cc(Cl)cc13)C(=O)c1ccccc1-2)N(C)C. The minimum Gasteiger partial charge on any atom is -0.303 e. The van der Waals surface area contributed by atoms with Crippen LogP contribution in [0.25, 0.3) is 22.2 Å². The van der Waals surface area contributed by atoms with E-state index >= 15 is 0 Å². The predicted octanol–water partition coefficient (Wildman–Crippen LogP) is 5.24. The highest BCUT2D eigenvalue weighted by Gasteiger charge is 2.35. The molecule has 1 aliphatic heterocycles. The predicted molar refractivity (Wildman–Crippen MR) is 99.2 cm³/mol. The lowest BCUT2D eigenvalue weighted by atomic mass is 9.97. The van der Waals surface area contributed by atoms with Gasteiger partial charge >= 0.3 is 0 Å². The lowest BCUT2D eigenvalue weighted by Gasteiger charge is -2.21. The van der Waals surface area contributed by atoms with Crippen molar-refractivity contribution in [2.45, 2.75) is 13.0 Å². The summed E-state index contributed by atoms with van der Waals surface area (Å²) in [5, 5.41) is 2.01. The molecule has 2 aromatic carbocycles. The second kappa shape index (κ2) is 5.35. The molecule has 0 radical (unpaired) electrons. The number of rotatable bonds is 2.